The number of nitro groups is 1. The molecule has 0 saturated carbocycles. The predicted octanol–water partition coefficient (Wildman–Crippen LogP) is 1.76. The second-order valence-corrected chi connectivity index (χ2v) is 4.66. The van der Waals surface area contributed by atoms with Crippen LogP contribution in [0.3, 0.4) is 0 Å². The summed E-state index contributed by atoms with van der Waals surface area (Å²) >= 11 is 1.24. The Morgan fingerprint density at radius 1 is 1.68 bits per heavy atom. The summed E-state index contributed by atoms with van der Waals surface area (Å²) < 4.78 is 4.58. The van der Waals surface area contributed by atoms with Crippen LogP contribution in [0.2, 0.25) is 0 Å². The van der Waals surface area contributed by atoms with E-state index in [4.69, 9.17) is 5.26 Å². The largest absolute Gasteiger partial charge is 0.469 e. The molecule has 0 amide bonds. The number of thioether (sulfide) groups is 1. The van der Waals surface area contributed by atoms with Crippen LogP contribution in [0.1, 0.15) is 12.6 Å². The Kier molecular flexibility index (Phi) is 5.26. The molecule has 0 bridgehead atoms. The first-order valence-corrected chi connectivity index (χ1v) is 6.24. The van der Waals surface area contributed by atoms with Crippen LogP contribution in [-0.4, -0.2) is 28.7 Å². The van der Waals surface area contributed by atoms with Crippen LogP contribution < -0.4 is 0 Å². The third kappa shape index (κ3) is 3.93. The summed E-state index contributed by atoms with van der Waals surface area (Å²) in [6, 6.07) is 4.37. The monoisotopic (exact) mass is 281 g/mol. The van der Waals surface area contributed by atoms with Gasteiger partial charge in [0.2, 0.25) is 5.69 Å². The van der Waals surface area contributed by atoms with Crippen LogP contribution >= 0.6 is 11.8 Å². The third-order valence-corrected chi connectivity index (χ3v) is 3.43. The number of carbonyl (C=O) groups is 1. The minimum Gasteiger partial charge on any atom is -0.469 e. The van der Waals surface area contributed by atoms with Gasteiger partial charge in [-0.3, -0.25) is 14.9 Å². The van der Waals surface area contributed by atoms with Crippen molar-refractivity contribution in [1.29, 1.82) is 5.26 Å². The molecular formula is C11H11N3O4S. The minimum absolute atomic E-state index is 0.235. The van der Waals surface area contributed by atoms with E-state index in [0.29, 0.717) is 10.8 Å². The highest BCUT2D eigenvalue weighted by Crippen LogP contribution is 2.23. The van der Waals surface area contributed by atoms with Crippen molar-refractivity contribution in [2.45, 2.75) is 11.9 Å². The van der Waals surface area contributed by atoms with Crippen molar-refractivity contribution in [1.82, 2.24) is 4.98 Å². The van der Waals surface area contributed by atoms with E-state index in [0.717, 1.165) is 0 Å². The predicted molar refractivity (Wildman–Crippen MR) is 67.5 cm³/mol. The number of pyridine rings is 1. The Morgan fingerprint density at radius 2 is 2.37 bits per heavy atom. The number of hydrogen-bond acceptors (Lipinski definition) is 7. The van der Waals surface area contributed by atoms with E-state index in [1.165, 1.54) is 31.0 Å². The zero-order valence-electron chi connectivity index (χ0n) is 10.3. The Morgan fingerprint density at radius 3 is 2.89 bits per heavy atom. The fourth-order valence-corrected chi connectivity index (χ4v) is 2.10. The molecule has 7 nitrogen and oxygen atoms in total. The summed E-state index contributed by atoms with van der Waals surface area (Å²) in [6.07, 6.45) is 0. The van der Waals surface area contributed by atoms with Crippen LogP contribution in [0.25, 0.3) is 0 Å². The molecule has 0 saturated heterocycles. The summed E-state index contributed by atoms with van der Waals surface area (Å²) in [5.74, 6) is -0.241. The van der Waals surface area contributed by atoms with Gasteiger partial charge in [-0.25, -0.2) is 4.98 Å². The number of rotatable bonds is 5. The molecule has 0 N–H and O–H groups in total. The van der Waals surface area contributed by atoms with Gasteiger partial charge >= 0.3 is 11.7 Å². The van der Waals surface area contributed by atoms with Crippen molar-refractivity contribution in [2.75, 3.05) is 12.9 Å². The molecule has 1 aromatic heterocycles. The molecule has 1 rings (SSSR count). The topological polar surface area (TPSA) is 106 Å². The quantitative estimate of drug-likeness (QED) is 0.350. The molecule has 0 spiro atoms. The molecule has 0 aliphatic rings. The van der Waals surface area contributed by atoms with Crippen molar-refractivity contribution in [3.8, 4) is 6.07 Å². The van der Waals surface area contributed by atoms with Gasteiger partial charge in [0.1, 0.15) is 6.07 Å². The number of aromatic nitrogens is 1. The molecular weight excluding hydrogens is 270 g/mol. The van der Waals surface area contributed by atoms with Gasteiger partial charge in [-0.15, -0.1) is 11.8 Å². The van der Waals surface area contributed by atoms with Crippen molar-refractivity contribution in [3.63, 3.8) is 0 Å². The molecule has 0 aromatic carbocycles. The number of ether oxygens (including phenoxy) is 1. The summed E-state index contributed by atoms with van der Waals surface area (Å²) in [6.45, 7) is 1.70. The average molecular weight is 281 g/mol. The van der Waals surface area contributed by atoms with Gasteiger partial charge in [0.15, 0.2) is 0 Å². The van der Waals surface area contributed by atoms with Crippen molar-refractivity contribution >= 4 is 23.4 Å². The molecule has 1 atom stereocenters. The molecule has 0 radical (unpaired) electrons. The zero-order chi connectivity index (χ0) is 14.4. The molecule has 19 heavy (non-hydrogen) atoms. The Labute approximate surface area is 113 Å². The van der Waals surface area contributed by atoms with Gasteiger partial charge in [-0.2, -0.15) is 5.26 Å². The minimum atomic E-state index is -0.656. The first kappa shape index (κ1) is 14.9. The number of nitrogens with zero attached hydrogens (tertiary/aromatic N) is 3. The van der Waals surface area contributed by atoms with Crippen LogP contribution in [-0.2, 0) is 9.53 Å². The number of methoxy groups -OCH3 is 1. The lowest BCUT2D eigenvalue weighted by Gasteiger charge is -2.07. The third-order valence-electron chi connectivity index (χ3n) is 2.24. The van der Waals surface area contributed by atoms with Crippen molar-refractivity contribution < 1.29 is 14.5 Å². The van der Waals surface area contributed by atoms with Crippen LogP contribution in [0.15, 0.2) is 17.2 Å². The van der Waals surface area contributed by atoms with Crippen LogP contribution in [0.5, 0.6) is 0 Å². The highest BCUT2D eigenvalue weighted by Gasteiger charge is 2.17. The molecule has 0 aliphatic carbocycles. The number of nitriles is 1. The lowest BCUT2D eigenvalue weighted by molar-refractivity contribution is -0.385. The fraction of sp³-hybridized carbons (Fsp3) is 0.364. The normalized spacial score (nSPS) is 11.4. The van der Waals surface area contributed by atoms with Gasteiger partial charge in [-0.05, 0) is 6.07 Å². The first-order chi connectivity index (χ1) is 8.99. The van der Waals surface area contributed by atoms with Crippen LogP contribution in [0, 0.1) is 27.4 Å². The summed E-state index contributed by atoms with van der Waals surface area (Å²) in [5.41, 5.74) is -0.561. The van der Waals surface area contributed by atoms with Gasteiger partial charge in [0.25, 0.3) is 0 Å². The standard InChI is InChI=1S/C11H11N3O4S/c1-7(11(15)18-2)6-19-10-4-3-9(14(16)17)8(5-12)13-10/h3-4,7H,6H2,1-2H3. The van der Waals surface area contributed by atoms with Crippen LogP contribution in [0.4, 0.5) is 5.69 Å². The molecule has 0 fully saturated rings. The molecule has 0 aliphatic heterocycles. The van der Waals surface area contributed by atoms with E-state index in [2.05, 4.69) is 9.72 Å². The molecule has 1 unspecified atom stereocenters. The Balaban J connectivity index is 2.79. The molecule has 1 heterocycles. The van der Waals surface area contributed by atoms with Crippen molar-refractivity contribution in [2.24, 2.45) is 5.92 Å². The van der Waals surface area contributed by atoms with E-state index >= 15 is 0 Å². The smallest absolute Gasteiger partial charge is 0.309 e. The maximum Gasteiger partial charge on any atom is 0.309 e. The van der Waals surface area contributed by atoms with Crippen molar-refractivity contribution in [3.05, 3.63) is 27.9 Å². The van der Waals surface area contributed by atoms with E-state index in [1.54, 1.807) is 13.0 Å². The maximum atomic E-state index is 11.2. The van der Waals surface area contributed by atoms with Gasteiger partial charge in [0, 0.05) is 11.8 Å². The van der Waals surface area contributed by atoms with Gasteiger partial charge in [-0.1, -0.05) is 6.92 Å². The number of carbonyl (C=O) groups excluding carboxylic acids is 1. The van der Waals surface area contributed by atoms with E-state index < -0.39 is 4.92 Å². The zero-order valence-corrected chi connectivity index (χ0v) is 11.1. The first-order valence-electron chi connectivity index (χ1n) is 5.25. The second kappa shape index (κ2) is 6.70. The summed E-state index contributed by atoms with van der Waals surface area (Å²) in [7, 11) is 1.31. The lowest BCUT2D eigenvalue weighted by atomic mass is 10.2. The van der Waals surface area contributed by atoms with E-state index in [9.17, 15) is 14.9 Å². The molecule has 100 valence electrons. The van der Waals surface area contributed by atoms with E-state index in [1.807, 2.05) is 0 Å². The second-order valence-electron chi connectivity index (χ2n) is 3.62. The molecule has 1 aromatic rings. The maximum absolute atomic E-state index is 11.2. The lowest BCUT2D eigenvalue weighted by Crippen LogP contribution is -2.14. The van der Waals surface area contributed by atoms with Gasteiger partial charge < -0.3 is 4.74 Å². The number of hydrogen-bond donors (Lipinski definition) is 0. The Bertz CT molecular complexity index is 541. The van der Waals surface area contributed by atoms with E-state index in [-0.39, 0.29) is 23.3 Å². The summed E-state index contributed by atoms with van der Waals surface area (Å²) in [4.78, 5) is 25.1. The average Bonchev–Trinajstić information content (AvgIpc) is 2.43. The number of esters is 1. The molecule has 8 heteroatoms. The highest BCUT2D eigenvalue weighted by atomic mass is 32.2. The Hall–Kier alpha value is -2.14. The summed E-state index contributed by atoms with van der Waals surface area (Å²) in [5, 5.41) is 19.9. The highest BCUT2D eigenvalue weighted by molar-refractivity contribution is 7.99. The SMILES string of the molecule is COC(=O)C(C)CSc1ccc([N+](=O)[O-])c(C#N)n1. The van der Waals surface area contributed by atoms with Gasteiger partial charge in [0.05, 0.1) is 23.0 Å². The fourth-order valence-electron chi connectivity index (χ4n) is 1.22.